The molecule has 5 heteroatoms. The van der Waals surface area contributed by atoms with E-state index in [2.05, 4.69) is 10.2 Å². The molecule has 1 aromatic rings. The van der Waals surface area contributed by atoms with Gasteiger partial charge in [0.25, 0.3) is 0 Å². The van der Waals surface area contributed by atoms with Gasteiger partial charge in [-0.2, -0.15) is 10.2 Å². The van der Waals surface area contributed by atoms with Crippen LogP contribution in [0.1, 0.15) is 12.5 Å². The monoisotopic (exact) mass is 235 g/mol. The summed E-state index contributed by atoms with van der Waals surface area (Å²) >= 11 is 0. The fourth-order valence-corrected chi connectivity index (χ4v) is 1.31. The number of aliphatic carboxylic acids is 1. The van der Waals surface area contributed by atoms with Gasteiger partial charge in [-0.1, -0.05) is 30.3 Å². The van der Waals surface area contributed by atoms with E-state index in [1.54, 1.807) is 0 Å². The first-order chi connectivity index (χ1) is 8.09. The molecule has 1 rings (SSSR count). The molecule has 0 aliphatic carbocycles. The van der Waals surface area contributed by atoms with Crippen molar-refractivity contribution in [2.24, 2.45) is 16.0 Å². The van der Waals surface area contributed by atoms with Crippen LogP contribution in [-0.2, 0) is 11.2 Å². The maximum Gasteiger partial charge on any atom is 0.330 e. The lowest BCUT2D eigenvalue weighted by Gasteiger charge is -2.08. The van der Waals surface area contributed by atoms with E-state index in [1.165, 1.54) is 6.92 Å². The topological polar surface area (TPSA) is 88.0 Å². The molecule has 0 saturated carbocycles. The first-order valence-electron chi connectivity index (χ1n) is 5.48. The summed E-state index contributed by atoms with van der Waals surface area (Å²) in [7, 11) is 0. The van der Waals surface area contributed by atoms with Gasteiger partial charge in [0, 0.05) is 6.04 Å². The molecule has 0 radical (unpaired) electrons. The van der Waals surface area contributed by atoms with Gasteiger partial charge < -0.3 is 10.8 Å². The normalized spacial score (nSPS) is 14.7. The highest BCUT2D eigenvalue weighted by molar-refractivity contribution is 5.72. The zero-order chi connectivity index (χ0) is 12.7. The largest absolute Gasteiger partial charge is 0.480 e. The van der Waals surface area contributed by atoms with Crippen molar-refractivity contribution in [2.45, 2.75) is 25.4 Å². The summed E-state index contributed by atoms with van der Waals surface area (Å²) in [6, 6.07) is 8.91. The molecule has 3 N–H and O–H groups in total. The highest BCUT2D eigenvalue weighted by Gasteiger charge is 2.08. The van der Waals surface area contributed by atoms with Crippen LogP contribution in [0.3, 0.4) is 0 Å². The van der Waals surface area contributed by atoms with Crippen molar-refractivity contribution in [1.29, 1.82) is 0 Å². The van der Waals surface area contributed by atoms with Crippen molar-refractivity contribution < 1.29 is 9.90 Å². The number of azo groups is 1. The van der Waals surface area contributed by atoms with Crippen LogP contribution in [0.15, 0.2) is 40.6 Å². The highest BCUT2D eigenvalue weighted by atomic mass is 16.4. The molecule has 0 bridgehead atoms. The molecule has 0 amide bonds. The third-order valence-corrected chi connectivity index (χ3v) is 2.27. The van der Waals surface area contributed by atoms with Crippen LogP contribution in [-0.4, -0.2) is 29.7 Å². The zero-order valence-corrected chi connectivity index (χ0v) is 9.78. The number of nitrogens with zero attached hydrogens (tertiary/aromatic N) is 2. The fourth-order valence-electron chi connectivity index (χ4n) is 1.31. The minimum absolute atomic E-state index is 0.137. The van der Waals surface area contributed by atoms with Gasteiger partial charge in [0.1, 0.15) is 0 Å². The Bertz CT molecular complexity index is 379. The van der Waals surface area contributed by atoms with Gasteiger partial charge in [-0.05, 0) is 18.9 Å². The Morgan fingerprint density at radius 1 is 1.41 bits per heavy atom. The van der Waals surface area contributed by atoms with E-state index in [9.17, 15) is 4.79 Å². The average Bonchev–Trinajstić information content (AvgIpc) is 2.30. The number of nitrogens with two attached hydrogens (primary N) is 1. The van der Waals surface area contributed by atoms with Crippen LogP contribution in [0.5, 0.6) is 0 Å². The summed E-state index contributed by atoms with van der Waals surface area (Å²) in [5.41, 5.74) is 7.01. The van der Waals surface area contributed by atoms with Crippen molar-refractivity contribution in [3.05, 3.63) is 35.9 Å². The lowest BCUT2D eigenvalue weighted by Crippen LogP contribution is -2.26. The Hall–Kier alpha value is -1.75. The maximum absolute atomic E-state index is 10.5. The van der Waals surface area contributed by atoms with Gasteiger partial charge in [0.15, 0.2) is 6.04 Å². The summed E-state index contributed by atoms with van der Waals surface area (Å²) in [5, 5.41) is 16.1. The molecule has 5 nitrogen and oxygen atoms in total. The fraction of sp³-hybridized carbons (Fsp3) is 0.417. The number of carbonyl (C=O) groups is 1. The number of rotatable bonds is 6. The molecule has 0 spiro atoms. The van der Waals surface area contributed by atoms with Gasteiger partial charge >= 0.3 is 5.97 Å². The molecule has 0 aliphatic heterocycles. The van der Waals surface area contributed by atoms with Crippen molar-refractivity contribution in [3.63, 3.8) is 0 Å². The van der Waals surface area contributed by atoms with Crippen molar-refractivity contribution >= 4 is 5.97 Å². The van der Waals surface area contributed by atoms with Crippen LogP contribution in [0.4, 0.5) is 0 Å². The standard InChI is InChI=1S/C12H17N3O2/c1-9(12(16)17)15-14-8-11(13)7-10-5-3-2-4-6-10/h2-6,9,11H,7-8,13H2,1H3,(H,16,17)/b15-14+/t9-,11?/m1/s1. The van der Waals surface area contributed by atoms with Crippen molar-refractivity contribution in [2.75, 3.05) is 6.54 Å². The Morgan fingerprint density at radius 2 is 2.06 bits per heavy atom. The Balaban J connectivity index is 2.35. The van der Waals surface area contributed by atoms with E-state index < -0.39 is 12.0 Å². The van der Waals surface area contributed by atoms with Crippen LogP contribution in [0.2, 0.25) is 0 Å². The van der Waals surface area contributed by atoms with E-state index in [0.29, 0.717) is 13.0 Å². The highest BCUT2D eigenvalue weighted by Crippen LogP contribution is 2.02. The molecule has 0 fully saturated rings. The summed E-state index contributed by atoms with van der Waals surface area (Å²) in [6.07, 6.45) is 0.710. The third-order valence-electron chi connectivity index (χ3n) is 2.27. The van der Waals surface area contributed by atoms with Gasteiger partial charge in [0.2, 0.25) is 0 Å². The number of hydrogen-bond acceptors (Lipinski definition) is 4. The van der Waals surface area contributed by atoms with Gasteiger partial charge in [-0.25, -0.2) is 4.79 Å². The van der Waals surface area contributed by atoms with Crippen LogP contribution >= 0.6 is 0 Å². The second kappa shape index (κ2) is 6.75. The Morgan fingerprint density at radius 3 is 2.65 bits per heavy atom. The summed E-state index contributed by atoms with van der Waals surface area (Å²) in [6.45, 7) is 1.82. The first-order valence-corrected chi connectivity index (χ1v) is 5.48. The Kier molecular flexibility index (Phi) is 5.29. The summed E-state index contributed by atoms with van der Waals surface area (Å²) < 4.78 is 0. The predicted molar refractivity (Wildman–Crippen MR) is 64.9 cm³/mol. The van der Waals surface area contributed by atoms with E-state index in [-0.39, 0.29) is 6.04 Å². The quantitative estimate of drug-likeness (QED) is 0.732. The molecular formula is C12H17N3O2. The van der Waals surface area contributed by atoms with Crippen LogP contribution in [0.25, 0.3) is 0 Å². The molecular weight excluding hydrogens is 218 g/mol. The second-order valence-corrected chi connectivity index (χ2v) is 3.90. The predicted octanol–water partition coefficient (Wildman–Crippen LogP) is 1.48. The van der Waals surface area contributed by atoms with Gasteiger partial charge in [-0.15, -0.1) is 0 Å². The molecule has 1 unspecified atom stereocenters. The zero-order valence-electron chi connectivity index (χ0n) is 9.78. The van der Waals surface area contributed by atoms with E-state index >= 15 is 0 Å². The molecule has 17 heavy (non-hydrogen) atoms. The smallest absolute Gasteiger partial charge is 0.330 e. The summed E-state index contributed by atoms with van der Waals surface area (Å²) in [5.74, 6) is -0.981. The van der Waals surface area contributed by atoms with E-state index in [4.69, 9.17) is 10.8 Å². The molecule has 0 saturated heterocycles. The van der Waals surface area contributed by atoms with Crippen LogP contribution in [0, 0.1) is 0 Å². The summed E-state index contributed by atoms with van der Waals surface area (Å²) in [4.78, 5) is 10.5. The lowest BCUT2D eigenvalue weighted by atomic mass is 10.1. The van der Waals surface area contributed by atoms with Crippen molar-refractivity contribution in [3.8, 4) is 0 Å². The van der Waals surface area contributed by atoms with Gasteiger partial charge in [0.05, 0.1) is 6.54 Å². The molecule has 0 aliphatic rings. The van der Waals surface area contributed by atoms with Crippen LogP contribution < -0.4 is 5.73 Å². The second-order valence-electron chi connectivity index (χ2n) is 3.90. The minimum atomic E-state index is -0.981. The SMILES string of the molecule is C[C@@H](/N=N/CC(N)Cc1ccccc1)C(=O)O. The first kappa shape index (κ1) is 13.3. The number of benzene rings is 1. The van der Waals surface area contributed by atoms with Crippen molar-refractivity contribution in [1.82, 2.24) is 0 Å². The minimum Gasteiger partial charge on any atom is -0.480 e. The molecule has 92 valence electrons. The maximum atomic E-state index is 10.5. The molecule has 0 aromatic heterocycles. The number of carboxylic acid groups (broad SMARTS) is 1. The number of carboxylic acids is 1. The number of hydrogen-bond donors (Lipinski definition) is 2. The molecule has 1 aromatic carbocycles. The lowest BCUT2D eigenvalue weighted by molar-refractivity contribution is -0.138. The molecule has 0 heterocycles. The van der Waals surface area contributed by atoms with E-state index in [0.717, 1.165) is 5.56 Å². The Labute approximate surface area is 100 Å². The average molecular weight is 235 g/mol. The third kappa shape index (κ3) is 5.21. The van der Waals surface area contributed by atoms with Gasteiger partial charge in [-0.3, -0.25) is 0 Å². The molecule has 2 atom stereocenters. The van der Waals surface area contributed by atoms with E-state index in [1.807, 2.05) is 30.3 Å².